The van der Waals surface area contributed by atoms with Gasteiger partial charge in [-0.3, -0.25) is 0 Å². The van der Waals surface area contributed by atoms with E-state index in [-0.39, 0.29) is 22.5 Å². The molecule has 0 radical (unpaired) electrons. The Balaban J connectivity index is 3.72. The molecule has 0 aromatic carbocycles. The summed E-state index contributed by atoms with van der Waals surface area (Å²) in [5.74, 6) is 1.13. The van der Waals surface area contributed by atoms with Crippen LogP contribution < -0.4 is 0 Å². The third-order valence-corrected chi connectivity index (χ3v) is 0.980. The second-order valence-electron chi connectivity index (χ2n) is 0.873. The van der Waals surface area contributed by atoms with Gasteiger partial charge in [-0.15, -0.1) is 0 Å². The molecule has 0 aromatic rings. The van der Waals surface area contributed by atoms with Gasteiger partial charge in [0.15, 0.2) is 0 Å². The van der Waals surface area contributed by atoms with Crippen molar-refractivity contribution in [1.29, 1.82) is 0 Å². The van der Waals surface area contributed by atoms with Gasteiger partial charge < -0.3 is 0 Å². The number of rotatable bonds is 0. The van der Waals surface area contributed by atoms with E-state index in [1.165, 1.54) is 0 Å². The second-order valence-corrected chi connectivity index (χ2v) is 2.30. The van der Waals surface area contributed by atoms with Gasteiger partial charge in [-0.2, -0.15) is 0 Å². The molecule has 0 saturated carbocycles. The van der Waals surface area contributed by atoms with Crippen LogP contribution in [0.25, 0.3) is 0 Å². The molecule has 0 nitrogen and oxygen atoms in total. The summed E-state index contributed by atoms with van der Waals surface area (Å²) in [7, 11) is 0. The summed E-state index contributed by atoms with van der Waals surface area (Å²) in [4.78, 5) is 0. The van der Waals surface area contributed by atoms with Crippen molar-refractivity contribution in [3.8, 4) is 9.86 Å². The summed E-state index contributed by atoms with van der Waals surface area (Å²) in [6.45, 7) is 0. The maximum absolute atomic E-state index is 10.9. The van der Waals surface area contributed by atoms with Crippen molar-refractivity contribution in [2.24, 2.45) is 0 Å². The van der Waals surface area contributed by atoms with Crippen molar-refractivity contribution in [3.63, 3.8) is 0 Å². The van der Waals surface area contributed by atoms with E-state index in [1.807, 2.05) is 3.94 Å². The van der Waals surface area contributed by atoms with Crippen LogP contribution in [0.3, 0.4) is 0 Å². The van der Waals surface area contributed by atoms with Crippen LogP contribution in [0.4, 0.5) is 13.2 Å². The molecule has 0 bridgehead atoms. The van der Waals surface area contributed by atoms with E-state index < -0.39 is 6.18 Å². The summed E-state index contributed by atoms with van der Waals surface area (Å²) in [5.41, 5.74) is 0. The zero-order valence-electron chi connectivity index (χ0n) is 3.63. The summed E-state index contributed by atoms with van der Waals surface area (Å²) >= 11 is -0.150. The van der Waals surface area contributed by atoms with E-state index in [1.54, 1.807) is 0 Å². The monoisotopic (exact) mass is 216 g/mol. The Morgan fingerprint density at radius 1 is 1.29 bits per heavy atom. The molecule has 0 amide bonds. The van der Waals surface area contributed by atoms with Crippen molar-refractivity contribution < 1.29 is 13.2 Å². The zero-order valence-corrected chi connectivity index (χ0v) is 9.34. The molecule has 0 aliphatic carbocycles. The normalized spacial score (nSPS) is 10.1. The van der Waals surface area contributed by atoms with Crippen LogP contribution in [0.5, 0.6) is 0 Å². The van der Waals surface area contributed by atoms with Gasteiger partial charge in [0, 0.05) is 0 Å². The molecule has 0 unspecified atom stereocenters. The fourth-order valence-electron chi connectivity index (χ4n) is 0.142. The van der Waals surface area contributed by atoms with Crippen molar-refractivity contribution in [2.75, 3.05) is 0 Å². The van der Waals surface area contributed by atoms with Crippen LogP contribution in [-0.4, -0.2) is 28.7 Å². The molecule has 0 fully saturated rings. The molecular weight excluding hydrogens is 212 g/mol. The summed E-state index contributed by atoms with van der Waals surface area (Å²) in [6.07, 6.45) is -4.26. The molecule has 40 valence electrons. The molecule has 0 N–H and O–H groups in total. The number of hydrogen-bond acceptors (Lipinski definition) is 0. The first-order valence-corrected chi connectivity index (χ1v) is 4.42. The SMILES string of the molecule is FC(F)(F)C#[C][SnH3]. The Bertz CT molecular complexity index is 104. The van der Waals surface area contributed by atoms with E-state index in [0.717, 1.165) is 5.92 Å². The average molecular weight is 215 g/mol. The van der Waals surface area contributed by atoms with E-state index >= 15 is 0 Å². The fraction of sp³-hybridized carbons (Fsp3) is 0.333. The van der Waals surface area contributed by atoms with Gasteiger partial charge >= 0.3 is 51.7 Å². The van der Waals surface area contributed by atoms with Gasteiger partial charge in [-0.1, -0.05) is 0 Å². The predicted molar refractivity (Wildman–Crippen MR) is 23.8 cm³/mol. The Kier molecular flexibility index (Phi) is 2.51. The molecule has 0 spiro atoms. The van der Waals surface area contributed by atoms with Gasteiger partial charge in [-0.05, 0) is 0 Å². The molecule has 4 heteroatoms. The van der Waals surface area contributed by atoms with Gasteiger partial charge in [-0.25, -0.2) is 0 Å². The predicted octanol–water partition coefficient (Wildman–Crippen LogP) is -0.125. The van der Waals surface area contributed by atoms with Crippen molar-refractivity contribution in [1.82, 2.24) is 0 Å². The van der Waals surface area contributed by atoms with E-state index in [2.05, 4.69) is 0 Å². The number of hydrogen-bond donors (Lipinski definition) is 0. The van der Waals surface area contributed by atoms with Crippen LogP contribution in [0, 0.1) is 9.86 Å². The number of alkyl halides is 3. The topological polar surface area (TPSA) is 0 Å². The molecule has 0 saturated heterocycles. The molecule has 0 atom stereocenters. The first-order valence-electron chi connectivity index (χ1n) is 1.57. The molecular formula is C3H3F3Sn. The minimum atomic E-state index is -4.26. The number of halogens is 3. The quantitative estimate of drug-likeness (QED) is 0.390. The van der Waals surface area contributed by atoms with Crippen LogP contribution in [0.1, 0.15) is 0 Å². The summed E-state index contributed by atoms with van der Waals surface area (Å²) < 4.78 is 34.7. The Morgan fingerprint density at radius 3 is 1.71 bits per heavy atom. The second kappa shape index (κ2) is 2.45. The molecule has 0 aliphatic heterocycles. The molecule has 0 rings (SSSR count). The van der Waals surface area contributed by atoms with Gasteiger partial charge in [0.05, 0.1) is 0 Å². The minimum absolute atomic E-state index is 0.150. The van der Waals surface area contributed by atoms with Gasteiger partial charge in [0.2, 0.25) is 0 Å². The first-order chi connectivity index (χ1) is 3.06. The van der Waals surface area contributed by atoms with Crippen LogP contribution in [-0.2, 0) is 0 Å². The van der Waals surface area contributed by atoms with Crippen LogP contribution >= 0.6 is 0 Å². The third-order valence-electron chi connectivity index (χ3n) is 0.267. The van der Waals surface area contributed by atoms with Crippen molar-refractivity contribution in [3.05, 3.63) is 0 Å². The Morgan fingerprint density at radius 2 is 1.71 bits per heavy atom. The summed E-state index contributed by atoms with van der Waals surface area (Å²) in [5, 5.41) is 0. The van der Waals surface area contributed by atoms with E-state index in [0.29, 0.717) is 0 Å². The zero-order chi connectivity index (χ0) is 5.91. The fourth-order valence-corrected chi connectivity index (χ4v) is 0.951. The Hall–Kier alpha value is 0.149. The Labute approximate surface area is 52.2 Å². The van der Waals surface area contributed by atoms with Crippen LogP contribution in [0.15, 0.2) is 0 Å². The summed E-state index contributed by atoms with van der Waals surface area (Å²) in [6, 6.07) is 0. The first kappa shape index (κ1) is 7.15. The third kappa shape index (κ3) is 6.15. The maximum atomic E-state index is 10.9. The van der Waals surface area contributed by atoms with Crippen molar-refractivity contribution in [2.45, 2.75) is 6.18 Å². The van der Waals surface area contributed by atoms with Crippen molar-refractivity contribution >= 4 is 22.5 Å². The van der Waals surface area contributed by atoms with Gasteiger partial charge in [0.1, 0.15) is 0 Å². The molecule has 7 heavy (non-hydrogen) atoms. The molecule has 0 heterocycles. The average Bonchev–Trinajstić information content (AvgIpc) is 1.30. The molecule has 0 aromatic heterocycles. The van der Waals surface area contributed by atoms with E-state index in [9.17, 15) is 13.2 Å². The molecule has 0 aliphatic rings. The standard InChI is InChI=1S/C3F3.Sn.3H/c1-2-3(4,5)6;;;;. The van der Waals surface area contributed by atoms with Gasteiger partial charge in [0.25, 0.3) is 0 Å². The van der Waals surface area contributed by atoms with E-state index in [4.69, 9.17) is 0 Å². The van der Waals surface area contributed by atoms with Crippen LogP contribution in [0.2, 0.25) is 0 Å².